The van der Waals surface area contributed by atoms with Crippen molar-refractivity contribution in [2.75, 3.05) is 5.32 Å². The number of rotatable bonds is 5. The van der Waals surface area contributed by atoms with Crippen molar-refractivity contribution in [1.82, 2.24) is 9.99 Å². The number of non-ortho nitro benzene ring substituents is 1. The van der Waals surface area contributed by atoms with Crippen LogP contribution in [-0.4, -0.2) is 27.5 Å². The van der Waals surface area contributed by atoms with E-state index in [2.05, 4.69) is 20.4 Å². The molecule has 0 unspecified atom stereocenters. The molecule has 2 N–H and O–H groups in total. The molecular formula is C22H21N5O4. The highest BCUT2D eigenvalue weighted by Crippen LogP contribution is 2.22. The molecule has 158 valence electrons. The van der Waals surface area contributed by atoms with Gasteiger partial charge >= 0.3 is 11.8 Å². The van der Waals surface area contributed by atoms with E-state index in [0.717, 1.165) is 28.2 Å². The Morgan fingerprint density at radius 2 is 1.71 bits per heavy atom. The van der Waals surface area contributed by atoms with Gasteiger partial charge in [0.1, 0.15) is 0 Å². The number of carbonyl (C=O) groups excluding carboxylic acids is 2. The second-order valence-corrected chi connectivity index (χ2v) is 6.91. The number of hydrogen-bond donors (Lipinski definition) is 2. The summed E-state index contributed by atoms with van der Waals surface area (Å²) in [6.07, 6.45) is 1.48. The van der Waals surface area contributed by atoms with E-state index in [-0.39, 0.29) is 11.4 Å². The van der Waals surface area contributed by atoms with Crippen LogP contribution in [0.3, 0.4) is 0 Å². The second-order valence-electron chi connectivity index (χ2n) is 6.91. The summed E-state index contributed by atoms with van der Waals surface area (Å²) >= 11 is 0. The standard InChI is InChI=1S/C22H21N5O4/c1-14-6-4-5-7-20(14)26-15(2)12-17(16(26)3)13-23-25-22(29)21(28)24-18-8-10-19(11-9-18)27(30)31/h4-13H,1-3H3,(H,24,28)(H,25,29)/b23-13-. The van der Waals surface area contributed by atoms with Crippen LogP contribution in [0.1, 0.15) is 22.5 Å². The number of nitrogens with one attached hydrogen (secondary N) is 2. The van der Waals surface area contributed by atoms with Crippen molar-refractivity contribution in [3.8, 4) is 5.69 Å². The van der Waals surface area contributed by atoms with Crippen molar-refractivity contribution in [2.24, 2.45) is 5.10 Å². The zero-order valence-electron chi connectivity index (χ0n) is 17.2. The lowest BCUT2D eigenvalue weighted by Gasteiger charge is -2.12. The van der Waals surface area contributed by atoms with Crippen LogP contribution in [0.15, 0.2) is 59.7 Å². The number of aryl methyl sites for hydroxylation is 2. The van der Waals surface area contributed by atoms with Crippen LogP contribution < -0.4 is 10.7 Å². The zero-order valence-corrected chi connectivity index (χ0v) is 17.2. The average Bonchev–Trinajstić information content (AvgIpc) is 3.02. The first-order chi connectivity index (χ1) is 14.8. The summed E-state index contributed by atoms with van der Waals surface area (Å²) in [7, 11) is 0. The molecule has 0 aliphatic heterocycles. The van der Waals surface area contributed by atoms with Crippen LogP contribution in [0, 0.1) is 30.9 Å². The Labute approximate surface area is 178 Å². The number of benzene rings is 2. The average molecular weight is 419 g/mol. The third kappa shape index (κ3) is 4.84. The molecule has 0 aliphatic rings. The van der Waals surface area contributed by atoms with Crippen LogP contribution in [0.2, 0.25) is 0 Å². The first kappa shape index (κ1) is 21.4. The molecule has 2 amide bonds. The van der Waals surface area contributed by atoms with Gasteiger partial charge in [-0.3, -0.25) is 19.7 Å². The summed E-state index contributed by atoms with van der Waals surface area (Å²) < 4.78 is 2.10. The van der Waals surface area contributed by atoms with Crippen molar-refractivity contribution in [2.45, 2.75) is 20.8 Å². The molecule has 2 aromatic carbocycles. The Morgan fingerprint density at radius 1 is 1.03 bits per heavy atom. The lowest BCUT2D eigenvalue weighted by atomic mass is 10.2. The molecule has 0 spiro atoms. The van der Waals surface area contributed by atoms with Crippen LogP contribution in [0.25, 0.3) is 5.69 Å². The highest BCUT2D eigenvalue weighted by molar-refractivity contribution is 6.39. The molecule has 3 rings (SSSR count). The monoisotopic (exact) mass is 419 g/mol. The van der Waals surface area contributed by atoms with E-state index in [1.807, 2.05) is 51.1 Å². The van der Waals surface area contributed by atoms with Gasteiger partial charge in [0.15, 0.2) is 0 Å². The fourth-order valence-corrected chi connectivity index (χ4v) is 3.17. The fourth-order valence-electron chi connectivity index (χ4n) is 3.17. The number of nitro benzene ring substituents is 1. The van der Waals surface area contributed by atoms with Gasteiger partial charge in [-0.05, 0) is 50.6 Å². The Kier molecular flexibility index (Phi) is 6.25. The van der Waals surface area contributed by atoms with Crippen molar-refractivity contribution < 1.29 is 14.5 Å². The van der Waals surface area contributed by atoms with Crippen molar-refractivity contribution in [3.63, 3.8) is 0 Å². The maximum atomic E-state index is 12.0. The highest BCUT2D eigenvalue weighted by Gasteiger charge is 2.14. The molecular weight excluding hydrogens is 398 g/mol. The summed E-state index contributed by atoms with van der Waals surface area (Å²) in [6.45, 7) is 5.96. The zero-order chi connectivity index (χ0) is 22.5. The summed E-state index contributed by atoms with van der Waals surface area (Å²) in [6, 6.07) is 15.1. The van der Waals surface area contributed by atoms with Crippen LogP contribution in [0.4, 0.5) is 11.4 Å². The first-order valence-electron chi connectivity index (χ1n) is 9.41. The normalized spacial score (nSPS) is 10.8. The van der Waals surface area contributed by atoms with Crippen LogP contribution in [0.5, 0.6) is 0 Å². The van der Waals surface area contributed by atoms with Crippen molar-refractivity contribution in [1.29, 1.82) is 0 Å². The van der Waals surface area contributed by atoms with E-state index >= 15 is 0 Å². The number of nitrogens with zero attached hydrogens (tertiary/aromatic N) is 3. The predicted octanol–water partition coefficient (Wildman–Crippen LogP) is 3.40. The predicted molar refractivity (Wildman–Crippen MR) is 117 cm³/mol. The summed E-state index contributed by atoms with van der Waals surface area (Å²) in [4.78, 5) is 34.1. The molecule has 0 bridgehead atoms. The van der Waals surface area contributed by atoms with Gasteiger partial charge in [0.25, 0.3) is 5.69 Å². The second kappa shape index (κ2) is 9.04. The Hall–Kier alpha value is -4.27. The lowest BCUT2D eigenvalue weighted by Crippen LogP contribution is -2.32. The molecule has 9 nitrogen and oxygen atoms in total. The van der Waals surface area contributed by atoms with Crippen LogP contribution in [-0.2, 0) is 9.59 Å². The Morgan fingerprint density at radius 3 is 2.35 bits per heavy atom. The van der Waals surface area contributed by atoms with Crippen molar-refractivity contribution in [3.05, 3.63) is 87.2 Å². The minimum absolute atomic E-state index is 0.115. The van der Waals surface area contributed by atoms with E-state index in [4.69, 9.17) is 0 Å². The number of para-hydroxylation sites is 1. The quantitative estimate of drug-likeness (QED) is 0.285. The summed E-state index contributed by atoms with van der Waals surface area (Å²) in [5, 5.41) is 16.9. The van der Waals surface area contributed by atoms with Gasteiger partial charge in [0.05, 0.1) is 11.1 Å². The topological polar surface area (TPSA) is 119 Å². The SMILES string of the molecule is Cc1ccccc1-n1c(C)cc(/C=N\NC(=O)C(=O)Nc2ccc([N+](=O)[O-])cc2)c1C. The van der Waals surface area contributed by atoms with E-state index in [1.165, 1.54) is 30.5 Å². The maximum Gasteiger partial charge on any atom is 0.329 e. The number of hydrazone groups is 1. The molecule has 0 radical (unpaired) electrons. The molecule has 0 saturated heterocycles. The van der Waals surface area contributed by atoms with Crippen LogP contribution >= 0.6 is 0 Å². The third-order valence-electron chi connectivity index (χ3n) is 4.74. The van der Waals surface area contributed by atoms with Crippen molar-refractivity contribution >= 4 is 29.4 Å². The number of hydrogen-bond acceptors (Lipinski definition) is 5. The molecule has 0 fully saturated rings. The number of nitro groups is 1. The molecule has 0 saturated carbocycles. The van der Waals surface area contributed by atoms with Gasteiger partial charge in [-0.1, -0.05) is 18.2 Å². The molecule has 1 aromatic heterocycles. The molecule has 0 aliphatic carbocycles. The number of carbonyl (C=O) groups is 2. The third-order valence-corrected chi connectivity index (χ3v) is 4.74. The number of aromatic nitrogens is 1. The smallest absolute Gasteiger partial charge is 0.318 e. The van der Waals surface area contributed by atoms with E-state index in [9.17, 15) is 19.7 Å². The lowest BCUT2D eigenvalue weighted by molar-refractivity contribution is -0.384. The molecule has 1 heterocycles. The maximum absolute atomic E-state index is 12.0. The van der Waals surface area contributed by atoms with Gasteiger partial charge in [0, 0.05) is 40.5 Å². The van der Waals surface area contributed by atoms with Gasteiger partial charge < -0.3 is 9.88 Å². The number of amides is 2. The largest absolute Gasteiger partial charge is 0.329 e. The van der Waals surface area contributed by atoms with Gasteiger partial charge in [-0.2, -0.15) is 5.10 Å². The Balaban J connectivity index is 1.66. The minimum Gasteiger partial charge on any atom is -0.318 e. The van der Waals surface area contributed by atoms with Gasteiger partial charge in [0.2, 0.25) is 0 Å². The minimum atomic E-state index is -0.956. The van der Waals surface area contributed by atoms with E-state index in [1.54, 1.807) is 0 Å². The molecule has 0 atom stereocenters. The summed E-state index contributed by atoms with van der Waals surface area (Å²) in [5.74, 6) is -1.89. The van der Waals surface area contributed by atoms with Gasteiger partial charge in [-0.15, -0.1) is 0 Å². The molecule has 31 heavy (non-hydrogen) atoms. The highest BCUT2D eigenvalue weighted by atomic mass is 16.6. The molecule has 9 heteroatoms. The van der Waals surface area contributed by atoms with Gasteiger partial charge in [-0.25, -0.2) is 5.43 Å². The Bertz CT molecular complexity index is 1180. The summed E-state index contributed by atoms with van der Waals surface area (Å²) in [5.41, 5.74) is 7.28. The number of anilines is 1. The fraction of sp³-hybridized carbons (Fsp3) is 0.136. The van der Waals surface area contributed by atoms with E-state index in [0.29, 0.717) is 0 Å². The molecule has 3 aromatic rings. The first-order valence-corrected chi connectivity index (χ1v) is 9.41. The van der Waals surface area contributed by atoms with E-state index < -0.39 is 16.7 Å².